The maximum absolute atomic E-state index is 6.88. The molecule has 2 aliphatic carbocycles. The summed E-state index contributed by atoms with van der Waals surface area (Å²) in [5.74, 6) is 1.75. The van der Waals surface area contributed by atoms with Crippen molar-refractivity contribution in [3.8, 4) is 0 Å². The van der Waals surface area contributed by atoms with Gasteiger partial charge in [0.2, 0.25) is 0 Å². The topological polar surface area (TPSA) is 21.3 Å². The second-order valence-electron chi connectivity index (χ2n) is 9.24. The fourth-order valence-electron chi connectivity index (χ4n) is 5.31. The van der Waals surface area contributed by atoms with Crippen LogP contribution in [0.5, 0.6) is 0 Å². The summed E-state index contributed by atoms with van der Waals surface area (Å²) in [5.41, 5.74) is 1.43. The van der Waals surface area contributed by atoms with E-state index in [-0.39, 0.29) is 6.10 Å². The summed E-state index contributed by atoms with van der Waals surface area (Å²) in [7, 11) is -1.82. The van der Waals surface area contributed by atoms with E-state index in [0.717, 1.165) is 42.1 Å². The molecule has 28 heavy (non-hydrogen) atoms. The molecule has 0 heterocycles. The highest BCUT2D eigenvalue weighted by atomic mass is 35.5. The lowest BCUT2D eigenvalue weighted by atomic mass is 9.97. The second kappa shape index (κ2) is 8.76. The van der Waals surface area contributed by atoms with Crippen LogP contribution in [0, 0.1) is 17.3 Å². The summed E-state index contributed by atoms with van der Waals surface area (Å²) in [4.78, 5) is 0. The highest BCUT2D eigenvalue weighted by Crippen LogP contribution is 2.66. The smallest absolute Gasteiger partial charge is 0.192 e. The predicted molar refractivity (Wildman–Crippen MR) is 124 cm³/mol. The first-order chi connectivity index (χ1) is 13.2. The molecule has 2 nitrogen and oxygen atoms in total. The number of rotatable bonds is 9. The van der Waals surface area contributed by atoms with Crippen molar-refractivity contribution in [2.45, 2.75) is 77.7 Å². The van der Waals surface area contributed by atoms with Crippen LogP contribution in [0.3, 0.4) is 0 Å². The Labute approximate surface area is 186 Å². The third-order valence-corrected chi connectivity index (χ3v) is 13.1. The number of halogens is 3. The minimum absolute atomic E-state index is 0.131. The van der Waals surface area contributed by atoms with E-state index in [1.165, 1.54) is 12.8 Å². The van der Waals surface area contributed by atoms with Gasteiger partial charge >= 0.3 is 0 Å². The van der Waals surface area contributed by atoms with E-state index in [0.29, 0.717) is 26.5 Å². The Hall–Kier alpha value is 0.227. The van der Waals surface area contributed by atoms with Crippen molar-refractivity contribution in [3.05, 3.63) is 32.8 Å². The first-order valence-corrected chi connectivity index (χ1v) is 14.4. The van der Waals surface area contributed by atoms with Gasteiger partial charge in [0.15, 0.2) is 8.32 Å². The van der Waals surface area contributed by atoms with Gasteiger partial charge in [0.05, 0.1) is 6.10 Å². The fraction of sp³-hybridized carbons (Fsp3) is 0.727. The quantitative estimate of drug-likeness (QED) is 0.379. The van der Waals surface area contributed by atoms with E-state index < -0.39 is 8.32 Å². The summed E-state index contributed by atoms with van der Waals surface area (Å²) in [6.45, 7) is 12.3. The third kappa shape index (κ3) is 4.45. The van der Waals surface area contributed by atoms with Crippen molar-refractivity contribution in [2.75, 3.05) is 6.54 Å². The standard InChI is InChI=1S/C22H34Cl3NOSi/c1-6-28(7-2,8-3)27-20(21-18(24)9-14(23)10-19(21)25)13-26-15-11-16-17(12-15)22(16,4)5/h9-10,15-17,20,26H,6-8,11-13H2,1-5H3. The van der Waals surface area contributed by atoms with E-state index >= 15 is 0 Å². The SMILES string of the molecule is CC[Si](CC)(CC)OC(CNC1CC2C(C1)C2(C)C)c1c(Cl)cc(Cl)cc1Cl. The molecular weight excluding hydrogens is 429 g/mol. The van der Waals surface area contributed by atoms with Gasteiger partial charge in [-0.3, -0.25) is 0 Å². The van der Waals surface area contributed by atoms with Gasteiger partial charge in [0, 0.05) is 33.2 Å². The van der Waals surface area contributed by atoms with Gasteiger partial charge in [-0.25, -0.2) is 0 Å². The number of benzene rings is 1. The molecule has 0 spiro atoms. The van der Waals surface area contributed by atoms with Crippen molar-refractivity contribution in [2.24, 2.45) is 17.3 Å². The summed E-state index contributed by atoms with van der Waals surface area (Å²) in [6, 6.07) is 7.42. The van der Waals surface area contributed by atoms with E-state index in [1.807, 2.05) is 0 Å². The molecule has 0 amide bonds. The molecule has 1 aromatic rings. The van der Waals surface area contributed by atoms with Crippen molar-refractivity contribution in [3.63, 3.8) is 0 Å². The van der Waals surface area contributed by atoms with Gasteiger partial charge in [-0.1, -0.05) is 69.4 Å². The van der Waals surface area contributed by atoms with Crippen LogP contribution in [0.25, 0.3) is 0 Å². The molecule has 0 radical (unpaired) electrons. The molecule has 2 saturated carbocycles. The molecular formula is C22H34Cl3NOSi. The van der Waals surface area contributed by atoms with E-state index in [4.69, 9.17) is 39.2 Å². The maximum atomic E-state index is 6.88. The average molecular weight is 463 g/mol. The van der Waals surface area contributed by atoms with E-state index in [2.05, 4.69) is 39.9 Å². The number of fused-ring (bicyclic) bond motifs is 1. The zero-order valence-electron chi connectivity index (χ0n) is 17.7. The van der Waals surface area contributed by atoms with Gasteiger partial charge in [0.1, 0.15) is 0 Å². The van der Waals surface area contributed by atoms with Crippen molar-refractivity contribution >= 4 is 43.1 Å². The molecule has 0 aliphatic heterocycles. The average Bonchev–Trinajstić information content (AvgIpc) is 2.99. The number of nitrogens with one attached hydrogen (secondary N) is 1. The number of hydrogen-bond acceptors (Lipinski definition) is 2. The third-order valence-electron chi connectivity index (χ3n) is 7.65. The molecule has 0 bridgehead atoms. The Morgan fingerprint density at radius 2 is 1.54 bits per heavy atom. The van der Waals surface area contributed by atoms with Gasteiger partial charge in [-0.15, -0.1) is 0 Å². The Morgan fingerprint density at radius 1 is 1.04 bits per heavy atom. The van der Waals surface area contributed by atoms with Crippen LogP contribution in [0.1, 0.15) is 59.1 Å². The Morgan fingerprint density at radius 3 is 2.00 bits per heavy atom. The lowest BCUT2D eigenvalue weighted by Crippen LogP contribution is -2.41. The maximum Gasteiger partial charge on any atom is 0.192 e. The van der Waals surface area contributed by atoms with Gasteiger partial charge in [-0.2, -0.15) is 0 Å². The van der Waals surface area contributed by atoms with E-state index in [1.54, 1.807) is 12.1 Å². The largest absolute Gasteiger partial charge is 0.409 e. The van der Waals surface area contributed by atoms with Crippen molar-refractivity contribution < 1.29 is 4.43 Å². The molecule has 0 aromatic heterocycles. The van der Waals surface area contributed by atoms with Crippen molar-refractivity contribution in [1.29, 1.82) is 0 Å². The van der Waals surface area contributed by atoms with Gasteiger partial charge in [-0.05, 0) is 60.4 Å². The van der Waals surface area contributed by atoms with Crippen LogP contribution < -0.4 is 5.32 Å². The Balaban J connectivity index is 1.77. The van der Waals surface area contributed by atoms with Crippen LogP contribution in [0.4, 0.5) is 0 Å². The van der Waals surface area contributed by atoms with Crippen molar-refractivity contribution in [1.82, 2.24) is 5.32 Å². The van der Waals surface area contributed by atoms with Crippen LogP contribution in [-0.4, -0.2) is 20.9 Å². The molecule has 2 aliphatic rings. The molecule has 2 fully saturated rings. The zero-order chi connectivity index (χ0) is 20.7. The van der Waals surface area contributed by atoms with Crippen LogP contribution >= 0.6 is 34.8 Å². The highest BCUT2D eigenvalue weighted by Gasteiger charge is 2.61. The van der Waals surface area contributed by atoms with Gasteiger partial charge < -0.3 is 9.74 Å². The zero-order valence-corrected chi connectivity index (χ0v) is 21.0. The second-order valence-corrected chi connectivity index (χ2v) is 15.2. The summed E-state index contributed by atoms with van der Waals surface area (Å²) < 4.78 is 6.88. The molecule has 1 N–H and O–H groups in total. The van der Waals surface area contributed by atoms with Crippen LogP contribution in [-0.2, 0) is 4.43 Å². The van der Waals surface area contributed by atoms with Gasteiger partial charge in [0.25, 0.3) is 0 Å². The lowest BCUT2D eigenvalue weighted by Gasteiger charge is -2.35. The van der Waals surface area contributed by atoms with Crippen LogP contribution in [0.15, 0.2) is 12.1 Å². The fourth-order valence-corrected chi connectivity index (χ4v) is 9.17. The lowest BCUT2D eigenvalue weighted by molar-refractivity contribution is 0.179. The predicted octanol–water partition coefficient (Wildman–Crippen LogP) is 7.73. The Bertz CT molecular complexity index is 662. The molecule has 1 aromatic carbocycles. The summed E-state index contributed by atoms with van der Waals surface area (Å²) in [6.07, 6.45) is 2.41. The number of hydrogen-bond donors (Lipinski definition) is 1. The minimum Gasteiger partial charge on any atom is -0.409 e. The molecule has 6 heteroatoms. The molecule has 0 saturated heterocycles. The molecule has 3 unspecified atom stereocenters. The normalized spacial score (nSPS) is 26.9. The van der Waals surface area contributed by atoms with Crippen LogP contribution in [0.2, 0.25) is 33.2 Å². The molecule has 158 valence electrons. The minimum atomic E-state index is -1.82. The van der Waals surface area contributed by atoms with E-state index in [9.17, 15) is 0 Å². The first kappa shape index (κ1) is 22.9. The highest BCUT2D eigenvalue weighted by molar-refractivity contribution is 6.73. The summed E-state index contributed by atoms with van der Waals surface area (Å²) in [5, 5.41) is 5.56. The monoisotopic (exact) mass is 461 g/mol. The molecule has 3 atom stereocenters. The Kier molecular flexibility index (Phi) is 7.17. The molecule has 3 rings (SSSR count). The first-order valence-electron chi connectivity index (χ1n) is 10.7. The summed E-state index contributed by atoms with van der Waals surface area (Å²) >= 11 is 19.3.